The van der Waals surface area contributed by atoms with Gasteiger partial charge in [-0.25, -0.2) is 9.78 Å². The van der Waals surface area contributed by atoms with Gasteiger partial charge in [-0.2, -0.15) is 0 Å². The summed E-state index contributed by atoms with van der Waals surface area (Å²) in [5.41, 5.74) is 2.98. The fourth-order valence-electron chi connectivity index (χ4n) is 3.68. The molecule has 2 heterocycles. The van der Waals surface area contributed by atoms with Crippen molar-refractivity contribution < 1.29 is 14.3 Å². The Balaban J connectivity index is 1.54. The van der Waals surface area contributed by atoms with Crippen molar-refractivity contribution in [2.75, 3.05) is 0 Å². The number of benzene rings is 3. The SMILES string of the molecule is O=C(O)c1cc(Br)cc2c(=O)cc(-c3cccc(C=Cc4ccc5ccccc5n4)c3)oc12. The van der Waals surface area contributed by atoms with Crippen LogP contribution in [0.4, 0.5) is 0 Å². The van der Waals surface area contributed by atoms with Crippen molar-refractivity contribution in [1.82, 2.24) is 4.98 Å². The normalized spacial score (nSPS) is 11.4. The summed E-state index contributed by atoms with van der Waals surface area (Å²) in [6.07, 6.45) is 3.85. The fourth-order valence-corrected chi connectivity index (χ4v) is 4.13. The Kier molecular flexibility index (Phi) is 5.36. The second-order valence-corrected chi connectivity index (χ2v) is 8.41. The number of carbonyl (C=O) groups is 1. The van der Waals surface area contributed by atoms with Crippen molar-refractivity contribution >= 4 is 55.9 Å². The molecule has 0 radical (unpaired) electrons. The number of aromatic nitrogens is 1. The van der Waals surface area contributed by atoms with Crippen molar-refractivity contribution in [2.24, 2.45) is 0 Å². The lowest BCUT2D eigenvalue weighted by Crippen LogP contribution is -2.05. The first kappa shape index (κ1) is 20.8. The predicted molar refractivity (Wildman–Crippen MR) is 133 cm³/mol. The van der Waals surface area contributed by atoms with E-state index in [1.807, 2.05) is 72.8 Å². The lowest BCUT2D eigenvalue weighted by molar-refractivity contribution is 0.0697. The Morgan fingerprint density at radius 1 is 0.939 bits per heavy atom. The second-order valence-electron chi connectivity index (χ2n) is 7.50. The van der Waals surface area contributed by atoms with Gasteiger partial charge in [0.15, 0.2) is 11.0 Å². The number of pyridine rings is 1. The number of halogens is 1. The van der Waals surface area contributed by atoms with E-state index in [0.29, 0.717) is 15.8 Å². The highest BCUT2D eigenvalue weighted by Gasteiger charge is 2.16. The van der Waals surface area contributed by atoms with E-state index in [0.717, 1.165) is 22.2 Å². The van der Waals surface area contributed by atoms with Crippen LogP contribution >= 0.6 is 15.9 Å². The van der Waals surface area contributed by atoms with Crippen LogP contribution in [-0.4, -0.2) is 16.1 Å². The molecule has 5 aromatic rings. The molecule has 0 saturated heterocycles. The quantitative estimate of drug-likeness (QED) is 0.301. The molecule has 33 heavy (non-hydrogen) atoms. The van der Waals surface area contributed by atoms with Crippen molar-refractivity contribution in [3.8, 4) is 11.3 Å². The van der Waals surface area contributed by atoms with E-state index in [4.69, 9.17) is 4.42 Å². The van der Waals surface area contributed by atoms with E-state index in [9.17, 15) is 14.7 Å². The molecule has 2 aromatic heterocycles. The van der Waals surface area contributed by atoms with Crippen LogP contribution in [0.25, 0.3) is 45.3 Å². The summed E-state index contributed by atoms with van der Waals surface area (Å²) in [5.74, 6) is -0.863. The van der Waals surface area contributed by atoms with Gasteiger partial charge in [0, 0.05) is 21.5 Å². The zero-order valence-electron chi connectivity index (χ0n) is 17.2. The molecular formula is C27H16BrNO4. The van der Waals surface area contributed by atoms with Crippen molar-refractivity contribution in [1.29, 1.82) is 0 Å². The van der Waals surface area contributed by atoms with E-state index in [-0.39, 0.29) is 22.0 Å². The summed E-state index contributed by atoms with van der Waals surface area (Å²) in [4.78, 5) is 29.0. The van der Waals surface area contributed by atoms with E-state index >= 15 is 0 Å². The van der Waals surface area contributed by atoms with Crippen LogP contribution in [0, 0.1) is 0 Å². The van der Waals surface area contributed by atoms with Gasteiger partial charge in [-0.15, -0.1) is 0 Å². The number of nitrogens with zero attached hydrogens (tertiary/aromatic N) is 1. The Bertz CT molecular complexity index is 1640. The number of carboxylic acid groups (broad SMARTS) is 1. The summed E-state index contributed by atoms with van der Waals surface area (Å²) < 4.78 is 6.41. The highest BCUT2D eigenvalue weighted by Crippen LogP contribution is 2.28. The third kappa shape index (κ3) is 4.21. The molecule has 0 bridgehead atoms. The van der Waals surface area contributed by atoms with Crippen molar-refractivity contribution in [2.45, 2.75) is 0 Å². The number of para-hydroxylation sites is 1. The highest BCUT2D eigenvalue weighted by atomic mass is 79.9. The minimum absolute atomic E-state index is 0.0505. The molecule has 0 aliphatic heterocycles. The van der Waals surface area contributed by atoms with Gasteiger partial charge < -0.3 is 9.52 Å². The van der Waals surface area contributed by atoms with Gasteiger partial charge >= 0.3 is 5.97 Å². The average Bonchev–Trinajstić information content (AvgIpc) is 2.82. The molecule has 160 valence electrons. The van der Waals surface area contributed by atoms with Crippen LogP contribution in [0.3, 0.4) is 0 Å². The van der Waals surface area contributed by atoms with E-state index in [1.54, 1.807) is 6.07 Å². The number of hydrogen-bond donors (Lipinski definition) is 1. The molecule has 0 aliphatic rings. The van der Waals surface area contributed by atoms with Gasteiger partial charge in [0.25, 0.3) is 0 Å². The molecule has 6 heteroatoms. The summed E-state index contributed by atoms with van der Waals surface area (Å²) in [6.45, 7) is 0. The smallest absolute Gasteiger partial charge is 0.339 e. The van der Waals surface area contributed by atoms with Gasteiger partial charge in [0.2, 0.25) is 0 Å². The number of carboxylic acids is 1. The molecule has 0 unspecified atom stereocenters. The van der Waals surface area contributed by atoms with Gasteiger partial charge in [-0.1, -0.05) is 64.5 Å². The summed E-state index contributed by atoms with van der Waals surface area (Å²) in [6, 6.07) is 23.8. The largest absolute Gasteiger partial charge is 0.478 e. The van der Waals surface area contributed by atoms with E-state index < -0.39 is 5.97 Å². The molecule has 1 N–H and O–H groups in total. The second kappa shape index (κ2) is 8.48. The minimum atomic E-state index is -1.17. The molecule has 0 atom stereocenters. The molecule has 5 nitrogen and oxygen atoms in total. The maximum absolute atomic E-state index is 12.7. The molecule has 5 rings (SSSR count). The molecule has 0 aliphatic carbocycles. The van der Waals surface area contributed by atoms with Crippen LogP contribution in [0.15, 0.2) is 92.5 Å². The lowest BCUT2D eigenvalue weighted by Gasteiger charge is -2.07. The third-order valence-electron chi connectivity index (χ3n) is 5.26. The number of rotatable bonds is 4. The van der Waals surface area contributed by atoms with Gasteiger partial charge in [0.1, 0.15) is 11.3 Å². The first-order chi connectivity index (χ1) is 16.0. The monoisotopic (exact) mass is 497 g/mol. The first-order valence-electron chi connectivity index (χ1n) is 10.1. The number of aromatic carboxylic acids is 1. The molecule has 0 fully saturated rings. The zero-order chi connectivity index (χ0) is 22.9. The van der Waals surface area contributed by atoms with Crippen LogP contribution in [0.5, 0.6) is 0 Å². The Labute approximate surface area is 196 Å². The fraction of sp³-hybridized carbons (Fsp3) is 0. The molecular weight excluding hydrogens is 482 g/mol. The first-order valence-corrected chi connectivity index (χ1v) is 10.9. The standard InChI is InChI=1S/C27H16BrNO4/c28-19-13-21-24(30)15-25(33-26(21)22(14-19)27(31)32)18-6-3-4-16(12-18)8-10-20-11-9-17-5-1-2-7-23(17)29-20/h1-15H,(H,31,32). The van der Waals surface area contributed by atoms with Crippen molar-refractivity contribution in [3.63, 3.8) is 0 Å². The molecule has 3 aromatic carbocycles. The van der Waals surface area contributed by atoms with Crippen LogP contribution in [0.1, 0.15) is 21.6 Å². The Morgan fingerprint density at radius 2 is 1.79 bits per heavy atom. The predicted octanol–water partition coefficient (Wildman–Crippen LogP) is 6.64. The Morgan fingerprint density at radius 3 is 2.64 bits per heavy atom. The number of fused-ring (bicyclic) bond motifs is 2. The number of hydrogen-bond acceptors (Lipinski definition) is 4. The van der Waals surface area contributed by atoms with E-state index in [1.165, 1.54) is 12.1 Å². The lowest BCUT2D eigenvalue weighted by atomic mass is 10.1. The van der Waals surface area contributed by atoms with Gasteiger partial charge in [0.05, 0.1) is 16.6 Å². The van der Waals surface area contributed by atoms with E-state index in [2.05, 4.69) is 20.9 Å². The maximum atomic E-state index is 12.7. The average molecular weight is 498 g/mol. The third-order valence-corrected chi connectivity index (χ3v) is 5.72. The van der Waals surface area contributed by atoms with Crippen LogP contribution < -0.4 is 5.43 Å². The minimum Gasteiger partial charge on any atom is -0.478 e. The Hall–Kier alpha value is -4.03. The molecule has 0 saturated carbocycles. The van der Waals surface area contributed by atoms with Crippen LogP contribution in [-0.2, 0) is 0 Å². The van der Waals surface area contributed by atoms with Gasteiger partial charge in [-0.3, -0.25) is 4.79 Å². The summed E-state index contributed by atoms with van der Waals surface area (Å²) in [7, 11) is 0. The summed E-state index contributed by atoms with van der Waals surface area (Å²) >= 11 is 3.25. The summed E-state index contributed by atoms with van der Waals surface area (Å²) in [5, 5.41) is 10.8. The highest BCUT2D eigenvalue weighted by molar-refractivity contribution is 9.10. The van der Waals surface area contributed by atoms with Crippen molar-refractivity contribution in [3.05, 3.63) is 110 Å². The molecule has 0 amide bonds. The zero-order valence-corrected chi connectivity index (χ0v) is 18.7. The maximum Gasteiger partial charge on any atom is 0.339 e. The topological polar surface area (TPSA) is 80.4 Å². The van der Waals surface area contributed by atoms with Crippen LogP contribution in [0.2, 0.25) is 0 Å². The van der Waals surface area contributed by atoms with Gasteiger partial charge in [-0.05, 0) is 42.0 Å². The molecule has 0 spiro atoms.